The van der Waals surface area contributed by atoms with Gasteiger partial charge in [0.15, 0.2) is 0 Å². The Bertz CT molecular complexity index is 914. The van der Waals surface area contributed by atoms with Crippen LogP contribution in [0.3, 0.4) is 0 Å². The van der Waals surface area contributed by atoms with Crippen LogP contribution in [0.2, 0.25) is 0 Å². The number of amides is 3. The molecule has 2 rings (SSSR count). The quantitative estimate of drug-likeness (QED) is 0.186. The van der Waals surface area contributed by atoms with Crippen molar-refractivity contribution in [2.24, 2.45) is 22.1 Å². The maximum atomic E-state index is 12.5. The molecule has 1 atom stereocenters. The maximum Gasteiger partial charge on any atom is 0.410 e. The molecule has 0 aliphatic carbocycles. The first kappa shape index (κ1) is 26.0. The van der Waals surface area contributed by atoms with Crippen LogP contribution in [0.1, 0.15) is 47.5 Å². The van der Waals surface area contributed by atoms with Gasteiger partial charge in [-0.1, -0.05) is 6.58 Å². The van der Waals surface area contributed by atoms with Crippen molar-refractivity contribution in [2.45, 2.75) is 53.1 Å². The zero-order valence-electron chi connectivity index (χ0n) is 20.2. The van der Waals surface area contributed by atoms with Gasteiger partial charge in [0, 0.05) is 50.4 Å². The Kier molecular flexibility index (Phi) is 7.94. The van der Waals surface area contributed by atoms with Crippen molar-refractivity contribution in [3.8, 4) is 0 Å². The van der Waals surface area contributed by atoms with Gasteiger partial charge >= 0.3 is 6.09 Å². The second-order valence-electron chi connectivity index (χ2n) is 9.74. The predicted molar refractivity (Wildman–Crippen MR) is 127 cm³/mol. The number of carbonyl (C=O) groups excluding carboxylic acids is 3. The Morgan fingerprint density at radius 1 is 1.12 bits per heavy atom. The fourth-order valence-corrected chi connectivity index (χ4v) is 4.19. The zero-order valence-corrected chi connectivity index (χ0v) is 20.2. The van der Waals surface area contributed by atoms with Gasteiger partial charge < -0.3 is 26.1 Å². The lowest BCUT2D eigenvalue weighted by Gasteiger charge is -2.28. The molecule has 2 aliphatic heterocycles. The first-order chi connectivity index (χ1) is 15.3. The second-order valence-corrected chi connectivity index (χ2v) is 9.74. The Morgan fingerprint density at radius 3 is 2.18 bits per heavy atom. The summed E-state index contributed by atoms with van der Waals surface area (Å²) in [5, 5.41) is 5.90. The number of nitrogens with two attached hydrogens (primary N) is 2. The van der Waals surface area contributed by atoms with E-state index in [2.05, 4.69) is 21.9 Å². The number of rotatable bonds is 5. The van der Waals surface area contributed by atoms with Crippen LogP contribution in [-0.4, -0.2) is 65.2 Å². The third-order valence-electron chi connectivity index (χ3n) is 5.70. The highest BCUT2D eigenvalue weighted by molar-refractivity contribution is 6.27. The van der Waals surface area contributed by atoms with E-state index in [1.807, 2.05) is 27.7 Å². The summed E-state index contributed by atoms with van der Waals surface area (Å²) in [5.41, 5.74) is 6.69. The molecule has 1 spiro atoms. The number of imide groups is 1. The Morgan fingerprint density at radius 2 is 1.70 bits per heavy atom. The Labute approximate surface area is 195 Å². The number of carbonyl (C=O) groups is 3. The van der Waals surface area contributed by atoms with Crippen molar-refractivity contribution in [2.75, 3.05) is 26.2 Å². The van der Waals surface area contributed by atoms with Gasteiger partial charge in [0.2, 0.25) is 5.91 Å². The van der Waals surface area contributed by atoms with E-state index in [1.54, 1.807) is 11.0 Å². The lowest BCUT2D eigenvalue weighted by molar-refractivity contribution is -0.126. The van der Waals surface area contributed by atoms with Crippen LogP contribution in [0.25, 0.3) is 0 Å². The maximum absolute atomic E-state index is 12.5. The molecule has 0 aromatic carbocycles. The van der Waals surface area contributed by atoms with Crippen LogP contribution < -0.4 is 16.9 Å². The average molecular weight is 461 g/mol. The highest BCUT2D eigenvalue weighted by Gasteiger charge is 2.46. The molecule has 10 nitrogen and oxygen atoms in total. The lowest BCUT2D eigenvalue weighted by atomic mass is 9.86. The van der Waals surface area contributed by atoms with Crippen molar-refractivity contribution in [3.63, 3.8) is 0 Å². The summed E-state index contributed by atoms with van der Waals surface area (Å²) in [5.74, 6) is 4.35. The summed E-state index contributed by atoms with van der Waals surface area (Å²) < 4.78 is 5.53. The largest absolute Gasteiger partial charge is 0.444 e. The van der Waals surface area contributed by atoms with Crippen molar-refractivity contribution < 1.29 is 19.1 Å². The van der Waals surface area contributed by atoms with Crippen molar-refractivity contribution in [3.05, 3.63) is 35.7 Å². The van der Waals surface area contributed by atoms with Crippen molar-refractivity contribution in [1.29, 1.82) is 0 Å². The molecule has 2 heterocycles. The molecule has 3 amide bonds. The minimum atomic E-state index is -0.687. The number of hydrogen-bond acceptors (Lipinski definition) is 8. The molecule has 182 valence electrons. The number of nitrogens with one attached hydrogen (secondary N) is 1. The number of nitrogens with zero attached hydrogens (tertiary/aromatic N) is 3. The number of ether oxygens (including phenoxy) is 1. The SMILES string of the molecule is C=C(C)\C(=C/C(=N\N)C(=C/N)/C(=O)NC(C)=O)N1CCC2(CCN(C(=O)OC(C)(C)C)C2)C1. The van der Waals surface area contributed by atoms with Crippen molar-refractivity contribution in [1.82, 2.24) is 15.1 Å². The minimum absolute atomic E-state index is 0.0164. The fourth-order valence-electron chi connectivity index (χ4n) is 4.19. The summed E-state index contributed by atoms with van der Waals surface area (Å²) >= 11 is 0. The average Bonchev–Trinajstić information content (AvgIpc) is 3.30. The molecule has 0 radical (unpaired) electrons. The van der Waals surface area contributed by atoms with E-state index in [-0.39, 0.29) is 22.8 Å². The summed E-state index contributed by atoms with van der Waals surface area (Å²) in [6.45, 7) is 15.5. The molecule has 2 aliphatic rings. The van der Waals surface area contributed by atoms with Crippen LogP contribution in [0.5, 0.6) is 0 Å². The summed E-state index contributed by atoms with van der Waals surface area (Å²) in [7, 11) is 0. The first-order valence-electron chi connectivity index (χ1n) is 10.9. The molecule has 10 heteroatoms. The van der Waals surface area contributed by atoms with Gasteiger partial charge in [-0.2, -0.15) is 5.10 Å². The predicted octanol–water partition coefficient (Wildman–Crippen LogP) is 1.60. The van der Waals surface area contributed by atoms with Gasteiger partial charge in [-0.25, -0.2) is 4.79 Å². The number of hydrazone groups is 1. The highest BCUT2D eigenvalue weighted by Crippen LogP contribution is 2.41. The lowest BCUT2D eigenvalue weighted by Crippen LogP contribution is -2.37. The Hall–Kier alpha value is -3.30. The molecule has 0 aromatic rings. The second kappa shape index (κ2) is 10.1. The van der Waals surface area contributed by atoms with Gasteiger partial charge in [0.05, 0.1) is 11.3 Å². The third kappa shape index (κ3) is 6.59. The van der Waals surface area contributed by atoms with Crippen LogP contribution >= 0.6 is 0 Å². The van der Waals surface area contributed by atoms with Gasteiger partial charge in [0.1, 0.15) is 5.60 Å². The highest BCUT2D eigenvalue weighted by atomic mass is 16.6. The van der Waals surface area contributed by atoms with Crippen LogP contribution in [-0.2, 0) is 14.3 Å². The van der Waals surface area contributed by atoms with Crippen LogP contribution in [0.15, 0.2) is 40.8 Å². The molecular weight excluding hydrogens is 424 g/mol. The molecule has 0 saturated carbocycles. The van der Waals surface area contributed by atoms with Crippen LogP contribution in [0, 0.1) is 5.41 Å². The molecule has 0 bridgehead atoms. The van der Waals surface area contributed by atoms with E-state index in [0.717, 1.165) is 36.9 Å². The van der Waals surface area contributed by atoms with E-state index < -0.39 is 17.4 Å². The van der Waals surface area contributed by atoms with E-state index in [9.17, 15) is 14.4 Å². The van der Waals surface area contributed by atoms with Gasteiger partial charge in [-0.15, -0.1) is 0 Å². The van der Waals surface area contributed by atoms with E-state index in [4.69, 9.17) is 16.3 Å². The minimum Gasteiger partial charge on any atom is -0.444 e. The fraction of sp³-hybridized carbons (Fsp3) is 0.565. The summed E-state index contributed by atoms with van der Waals surface area (Å²) in [4.78, 5) is 40.0. The molecule has 33 heavy (non-hydrogen) atoms. The topological polar surface area (TPSA) is 143 Å². The summed E-state index contributed by atoms with van der Waals surface area (Å²) in [6, 6.07) is 0. The number of hydrogen-bond donors (Lipinski definition) is 3. The standard InChI is InChI=1S/C23H36N6O4/c1-15(2)19(11-18(27-25)17(12-24)20(31)26-16(3)30)28-9-7-23(13-28)8-10-29(14-23)21(32)33-22(4,5)6/h11-12H,1,7-10,13-14,24-25H2,2-6H3,(H,26,30,31)/b17-12-,19-11+,27-18+. The molecular formula is C23H36N6O4. The monoisotopic (exact) mass is 460 g/mol. The van der Waals surface area contributed by atoms with E-state index >= 15 is 0 Å². The molecule has 0 aromatic heterocycles. The molecule has 5 N–H and O–H groups in total. The number of likely N-dealkylation sites (tertiary alicyclic amines) is 2. The van der Waals surface area contributed by atoms with Crippen LogP contribution in [0.4, 0.5) is 4.79 Å². The summed E-state index contributed by atoms with van der Waals surface area (Å²) in [6.07, 6.45) is 4.20. The zero-order chi connectivity index (χ0) is 25.0. The van der Waals surface area contributed by atoms with E-state index in [1.165, 1.54) is 6.92 Å². The number of allylic oxidation sites excluding steroid dienone is 2. The van der Waals surface area contributed by atoms with Gasteiger partial charge in [-0.05, 0) is 52.2 Å². The first-order valence-corrected chi connectivity index (χ1v) is 10.9. The normalized spacial score (nSPS) is 22.0. The molecule has 2 saturated heterocycles. The Balaban J connectivity index is 2.20. The molecule has 2 fully saturated rings. The van der Waals surface area contributed by atoms with Gasteiger partial charge in [0.25, 0.3) is 5.91 Å². The third-order valence-corrected chi connectivity index (χ3v) is 5.70. The van der Waals surface area contributed by atoms with Crippen molar-refractivity contribution >= 4 is 23.6 Å². The smallest absolute Gasteiger partial charge is 0.410 e. The van der Waals surface area contributed by atoms with E-state index in [0.29, 0.717) is 19.6 Å². The molecule has 1 unspecified atom stereocenters. The van der Waals surface area contributed by atoms with Gasteiger partial charge in [-0.3, -0.25) is 14.9 Å².